The van der Waals surface area contributed by atoms with Gasteiger partial charge in [-0.25, -0.2) is 0 Å². The van der Waals surface area contributed by atoms with E-state index < -0.39 is 0 Å². The molecule has 0 aromatic carbocycles. The van der Waals surface area contributed by atoms with Crippen LogP contribution in [0.5, 0.6) is 0 Å². The lowest BCUT2D eigenvalue weighted by Crippen LogP contribution is -2.13. The topological polar surface area (TPSA) is 51.8 Å². The molecular formula is C12H17N3. The van der Waals surface area contributed by atoms with E-state index in [1.807, 2.05) is 0 Å². The number of nitrogens with two attached hydrogens (primary N) is 1. The molecule has 1 unspecified atom stereocenters. The van der Waals surface area contributed by atoms with Crippen molar-refractivity contribution >= 4 is 0 Å². The number of hydrogen-bond acceptors (Lipinski definition) is 3. The molecule has 1 atom stereocenters. The third-order valence-electron chi connectivity index (χ3n) is 2.83. The Hall–Kier alpha value is -1.22. The maximum Gasteiger partial charge on any atom is 0.0757 e. The largest absolute Gasteiger partial charge is 0.322 e. The summed E-state index contributed by atoms with van der Waals surface area (Å²) in [6.45, 7) is 0. The molecule has 2 N–H and O–H groups in total. The first kappa shape index (κ1) is 10.3. The maximum absolute atomic E-state index is 6.08. The van der Waals surface area contributed by atoms with Gasteiger partial charge in [-0.3, -0.25) is 9.97 Å². The van der Waals surface area contributed by atoms with Gasteiger partial charge < -0.3 is 5.73 Å². The Balaban J connectivity index is 1.97. The number of nitrogens with zero attached hydrogens (tertiary/aromatic N) is 2. The van der Waals surface area contributed by atoms with Gasteiger partial charge in [0.25, 0.3) is 0 Å². The summed E-state index contributed by atoms with van der Waals surface area (Å²) in [5, 5.41) is 0. The summed E-state index contributed by atoms with van der Waals surface area (Å²) in [5.41, 5.74) is 8.46. The van der Waals surface area contributed by atoms with Crippen LogP contribution in [0.2, 0.25) is 0 Å². The van der Waals surface area contributed by atoms with E-state index in [1.165, 1.54) is 31.3 Å². The van der Waals surface area contributed by atoms with Crippen LogP contribution in [0, 0.1) is 0 Å². The minimum atomic E-state index is 0.00282. The van der Waals surface area contributed by atoms with Crippen LogP contribution < -0.4 is 5.73 Å². The van der Waals surface area contributed by atoms with Gasteiger partial charge >= 0.3 is 0 Å². The predicted molar refractivity (Wildman–Crippen MR) is 60.1 cm³/mol. The van der Waals surface area contributed by atoms with Crippen molar-refractivity contribution in [3.63, 3.8) is 0 Å². The van der Waals surface area contributed by atoms with Gasteiger partial charge in [0.05, 0.1) is 11.7 Å². The van der Waals surface area contributed by atoms with Crippen LogP contribution in [-0.2, 0) is 0 Å². The minimum Gasteiger partial charge on any atom is -0.322 e. The second kappa shape index (κ2) is 5.03. The Morgan fingerprint density at radius 2 is 2.27 bits per heavy atom. The lowest BCUT2D eigenvalue weighted by atomic mass is 9.94. The van der Waals surface area contributed by atoms with Crippen molar-refractivity contribution in [1.82, 2.24) is 9.97 Å². The van der Waals surface area contributed by atoms with Crippen molar-refractivity contribution < 1.29 is 0 Å². The second-order valence-corrected chi connectivity index (χ2v) is 4.05. The smallest absolute Gasteiger partial charge is 0.0757 e. The summed E-state index contributed by atoms with van der Waals surface area (Å²) in [6.07, 6.45) is 13.4. The van der Waals surface area contributed by atoms with E-state index in [1.54, 1.807) is 18.6 Å². The highest BCUT2D eigenvalue weighted by Gasteiger charge is 2.11. The zero-order valence-corrected chi connectivity index (χ0v) is 8.89. The highest BCUT2D eigenvalue weighted by atomic mass is 14.8. The first-order valence-corrected chi connectivity index (χ1v) is 5.55. The Labute approximate surface area is 90.4 Å². The van der Waals surface area contributed by atoms with Gasteiger partial charge in [-0.05, 0) is 32.1 Å². The first-order valence-electron chi connectivity index (χ1n) is 5.55. The summed E-state index contributed by atoms with van der Waals surface area (Å²) in [4.78, 5) is 8.27. The molecule has 1 aliphatic carbocycles. The summed E-state index contributed by atoms with van der Waals surface area (Å²) >= 11 is 0. The predicted octanol–water partition coefficient (Wildman–Crippen LogP) is 2.37. The molecule has 80 valence electrons. The molecule has 1 aromatic rings. The highest BCUT2D eigenvalue weighted by molar-refractivity contribution is 5.11. The number of rotatable bonds is 3. The van der Waals surface area contributed by atoms with Crippen molar-refractivity contribution in [1.29, 1.82) is 0 Å². The third kappa shape index (κ3) is 2.86. The van der Waals surface area contributed by atoms with E-state index in [0.717, 1.165) is 12.1 Å². The second-order valence-electron chi connectivity index (χ2n) is 4.05. The van der Waals surface area contributed by atoms with Gasteiger partial charge in [0.15, 0.2) is 0 Å². The van der Waals surface area contributed by atoms with Gasteiger partial charge in [0, 0.05) is 18.6 Å². The normalized spacial score (nSPS) is 18.3. The van der Waals surface area contributed by atoms with E-state index in [4.69, 9.17) is 5.73 Å². The van der Waals surface area contributed by atoms with Crippen molar-refractivity contribution in [2.75, 3.05) is 0 Å². The van der Waals surface area contributed by atoms with E-state index in [-0.39, 0.29) is 6.04 Å². The van der Waals surface area contributed by atoms with Gasteiger partial charge in [-0.2, -0.15) is 0 Å². The van der Waals surface area contributed by atoms with Crippen LogP contribution in [0.25, 0.3) is 0 Å². The molecule has 3 heteroatoms. The quantitative estimate of drug-likeness (QED) is 0.767. The molecule has 15 heavy (non-hydrogen) atoms. The number of allylic oxidation sites excluding steroid dienone is 1. The molecule has 0 aliphatic heterocycles. The highest BCUT2D eigenvalue weighted by Crippen LogP contribution is 2.24. The fourth-order valence-corrected chi connectivity index (χ4v) is 1.98. The average Bonchev–Trinajstić information content (AvgIpc) is 2.31. The van der Waals surface area contributed by atoms with Crippen molar-refractivity contribution in [2.24, 2.45) is 5.73 Å². The summed E-state index contributed by atoms with van der Waals surface area (Å²) in [6, 6.07) is 0.00282. The average molecular weight is 203 g/mol. The Kier molecular flexibility index (Phi) is 3.45. The van der Waals surface area contributed by atoms with E-state index in [9.17, 15) is 0 Å². The van der Waals surface area contributed by atoms with E-state index in [0.29, 0.717) is 0 Å². The lowest BCUT2D eigenvalue weighted by Gasteiger charge is -2.16. The molecule has 3 nitrogen and oxygen atoms in total. The monoisotopic (exact) mass is 203 g/mol. The molecule has 0 fully saturated rings. The molecule has 2 rings (SSSR count). The van der Waals surface area contributed by atoms with E-state index in [2.05, 4.69) is 16.0 Å². The Morgan fingerprint density at radius 1 is 1.33 bits per heavy atom. The standard InChI is InChI=1S/C12H17N3/c13-11(12-9-14-6-7-15-12)8-10-4-2-1-3-5-10/h4,6-7,9,11H,1-3,5,8,13H2. The van der Waals surface area contributed by atoms with Gasteiger partial charge in [0.1, 0.15) is 0 Å². The zero-order valence-electron chi connectivity index (χ0n) is 8.89. The minimum absolute atomic E-state index is 0.00282. The van der Waals surface area contributed by atoms with Gasteiger partial charge in [0.2, 0.25) is 0 Å². The van der Waals surface area contributed by atoms with Crippen LogP contribution in [0.3, 0.4) is 0 Å². The Morgan fingerprint density at radius 3 is 2.93 bits per heavy atom. The zero-order chi connectivity index (χ0) is 10.5. The van der Waals surface area contributed by atoms with Crippen LogP contribution >= 0.6 is 0 Å². The maximum atomic E-state index is 6.08. The summed E-state index contributed by atoms with van der Waals surface area (Å²) in [5.74, 6) is 0. The van der Waals surface area contributed by atoms with Crippen LogP contribution in [-0.4, -0.2) is 9.97 Å². The molecule has 0 radical (unpaired) electrons. The molecule has 1 aliphatic rings. The molecule has 0 spiro atoms. The molecule has 0 saturated heterocycles. The van der Waals surface area contributed by atoms with Crippen LogP contribution in [0.15, 0.2) is 30.2 Å². The van der Waals surface area contributed by atoms with Gasteiger partial charge in [-0.1, -0.05) is 11.6 Å². The van der Waals surface area contributed by atoms with Crippen molar-refractivity contribution in [3.8, 4) is 0 Å². The molecular weight excluding hydrogens is 186 g/mol. The molecule has 1 aromatic heterocycles. The summed E-state index contributed by atoms with van der Waals surface area (Å²) in [7, 11) is 0. The summed E-state index contributed by atoms with van der Waals surface area (Å²) < 4.78 is 0. The fraction of sp³-hybridized carbons (Fsp3) is 0.500. The van der Waals surface area contributed by atoms with Gasteiger partial charge in [-0.15, -0.1) is 0 Å². The molecule has 0 amide bonds. The van der Waals surface area contributed by atoms with Crippen molar-refractivity contribution in [2.45, 2.75) is 38.1 Å². The third-order valence-corrected chi connectivity index (χ3v) is 2.83. The molecule has 0 bridgehead atoms. The number of aromatic nitrogens is 2. The first-order chi connectivity index (χ1) is 7.36. The molecule has 0 saturated carbocycles. The molecule has 1 heterocycles. The number of hydrogen-bond donors (Lipinski definition) is 1. The fourth-order valence-electron chi connectivity index (χ4n) is 1.98. The van der Waals surface area contributed by atoms with Crippen molar-refractivity contribution in [3.05, 3.63) is 35.9 Å². The van der Waals surface area contributed by atoms with E-state index >= 15 is 0 Å². The lowest BCUT2D eigenvalue weighted by molar-refractivity contribution is 0.617. The van der Waals surface area contributed by atoms with Crippen LogP contribution in [0.4, 0.5) is 0 Å². The SMILES string of the molecule is NC(CC1=CCCCC1)c1cnccn1. The van der Waals surface area contributed by atoms with Crippen LogP contribution in [0.1, 0.15) is 43.8 Å². The Bertz CT molecular complexity index is 332.